The van der Waals surface area contributed by atoms with Crippen LogP contribution in [0.25, 0.3) is 0 Å². The van der Waals surface area contributed by atoms with E-state index in [-0.39, 0.29) is 5.84 Å². The monoisotopic (exact) mass is 277 g/mol. The van der Waals surface area contributed by atoms with Gasteiger partial charge in [-0.3, -0.25) is 0 Å². The fourth-order valence-electron chi connectivity index (χ4n) is 2.65. The van der Waals surface area contributed by atoms with Gasteiger partial charge in [0.25, 0.3) is 0 Å². The summed E-state index contributed by atoms with van der Waals surface area (Å²) < 4.78 is 0. The minimum Gasteiger partial charge on any atom is -0.409 e. The van der Waals surface area contributed by atoms with E-state index in [1.54, 1.807) is 12.3 Å². The van der Waals surface area contributed by atoms with Crippen molar-refractivity contribution in [3.05, 3.63) is 18.0 Å². The van der Waals surface area contributed by atoms with Gasteiger partial charge in [0.05, 0.1) is 0 Å². The van der Waals surface area contributed by atoms with E-state index in [4.69, 9.17) is 10.9 Å². The second kappa shape index (κ2) is 5.64. The van der Waals surface area contributed by atoms with Crippen molar-refractivity contribution in [3.8, 4) is 0 Å². The Morgan fingerprint density at radius 2 is 2.10 bits per heavy atom. The number of hydrogen-bond donors (Lipinski definition) is 2. The van der Waals surface area contributed by atoms with Crippen LogP contribution >= 0.6 is 0 Å². The van der Waals surface area contributed by atoms with Gasteiger partial charge in [0.2, 0.25) is 5.95 Å². The number of hydrogen-bond acceptors (Lipinski definition) is 5. The number of rotatable bonds is 3. The van der Waals surface area contributed by atoms with Crippen LogP contribution in [-0.2, 0) is 0 Å². The molecule has 0 spiro atoms. The Balaban J connectivity index is 2.12. The molecule has 0 bridgehead atoms. The van der Waals surface area contributed by atoms with E-state index in [9.17, 15) is 0 Å². The highest BCUT2D eigenvalue weighted by atomic mass is 16.4. The molecule has 1 aliphatic rings. The standard InChI is InChI=1S/C14H23N5O/c1-14(2)7-4-10(5-8-14)19(3)13-16-9-6-11(17-13)12(15)18-20/h6,9-10,20H,4-5,7-8H2,1-3H3,(H2,15,18). The molecule has 1 fully saturated rings. The molecule has 1 aromatic rings. The average Bonchev–Trinajstić information content (AvgIpc) is 2.46. The molecule has 0 unspecified atom stereocenters. The van der Waals surface area contributed by atoms with Crippen LogP contribution < -0.4 is 10.6 Å². The molecular weight excluding hydrogens is 254 g/mol. The predicted octanol–water partition coefficient (Wildman–Crippen LogP) is 1.98. The number of anilines is 1. The van der Waals surface area contributed by atoms with Gasteiger partial charge in [-0.15, -0.1) is 0 Å². The summed E-state index contributed by atoms with van der Waals surface area (Å²) in [6, 6.07) is 2.08. The normalized spacial score (nSPS) is 19.9. The van der Waals surface area contributed by atoms with E-state index in [2.05, 4.69) is 33.9 Å². The third-order valence-electron chi connectivity index (χ3n) is 4.18. The van der Waals surface area contributed by atoms with Crippen LogP contribution in [0.15, 0.2) is 17.4 Å². The number of aromatic nitrogens is 2. The molecule has 0 aromatic carbocycles. The molecule has 0 saturated heterocycles. The fraction of sp³-hybridized carbons (Fsp3) is 0.643. The van der Waals surface area contributed by atoms with E-state index in [1.807, 2.05) is 7.05 Å². The van der Waals surface area contributed by atoms with Gasteiger partial charge >= 0.3 is 0 Å². The lowest BCUT2D eigenvalue weighted by Crippen LogP contribution is -2.38. The van der Waals surface area contributed by atoms with Crippen LogP contribution in [0, 0.1) is 5.41 Å². The van der Waals surface area contributed by atoms with Gasteiger partial charge in [0.1, 0.15) is 5.69 Å². The van der Waals surface area contributed by atoms with E-state index < -0.39 is 0 Å². The molecule has 1 aromatic heterocycles. The van der Waals surface area contributed by atoms with Crippen LogP contribution in [-0.4, -0.2) is 34.1 Å². The van der Waals surface area contributed by atoms with Gasteiger partial charge in [-0.2, -0.15) is 0 Å². The maximum absolute atomic E-state index is 8.71. The first-order valence-corrected chi connectivity index (χ1v) is 6.97. The fourth-order valence-corrected chi connectivity index (χ4v) is 2.65. The van der Waals surface area contributed by atoms with Gasteiger partial charge in [-0.25, -0.2) is 9.97 Å². The van der Waals surface area contributed by atoms with Crippen LogP contribution in [0.2, 0.25) is 0 Å². The summed E-state index contributed by atoms with van der Waals surface area (Å²) in [5.41, 5.74) is 6.45. The van der Waals surface area contributed by atoms with Gasteiger partial charge in [0, 0.05) is 19.3 Å². The molecule has 0 atom stereocenters. The topological polar surface area (TPSA) is 87.6 Å². The maximum atomic E-state index is 8.71. The highest BCUT2D eigenvalue weighted by Gasteiger charge is 2.29. The van der Waals surface area contributed by atoms with Crippen molar-refractivity contribution in [2.24, 2.45) is 16.3 Å². The number of nitrogens with two attached hydrogens (primary N) is 1. The molecule has 6 heteroatoms. The lowest BCUT2D eigenvalue weighted by atomic mass is 9.75. The minimum absolute atomic E-state index is 0.00632. The van der Waals surface area contributed by atoms with Crippen molar-refractivity contribution in [2.75, 3.05) is 11.9 Å². The molecule has 3 N–H and O–H groups in total. The zero-order valence-corrected chi connectivity index (χ0v) is 12.4. The summed E-state index contributed by atoms with van der Waals surface area (Å²) >= 11 is 0. The van der Waals surface area contributed by atoms with Gasteiger partial charge in [-0.1, -0.05) is 19.0 Å². The van der Waals surface area contributed by atoms with Crippen LogP contribution in [0.3, 0.4) is 0 Å². The van der Waals surface area contributed by atoms with Crippen LogP contribution in [0.5, 0.6) is 0 Å². The van der Waals surface area contributed by atoms with E-state index in [0.717, 1.165) is 12.8 Å². The molecule has 0 radical (unpaired) electrons. The third kappa shape index (κ3) is 3.18. The summed E-state index contributed by atoms with van der Waals surface area (Å²) in [5.74, 6) is 0.630. The highest BCUT2D eigenvalue weighted by molar-refractivity contribution is 5.95. The largest absolute Gasteiger partial charge is 0.409 e. The summed E-state index contributed by atoms with van der Waals surface area (Å²) in [4.78, 5) is 10.7. The van der Waals surface area contributed by atoms with Crippen LogP contribution in [0.4, 0.5) is 5.95 Å². The lowest BCUT2D eigenvalue weighted by Gasteiger charge is -2.38. The van der Waals surface area contributed by atoms with Crippen molar-refractivity contribution in [1.29, 1.82) is 0 Å². The Labute approximate surface area is 119 Å². The van der Waals surface area contributed by atoms with E-state index >= 15 is 0 Å². The number of amidine groups is 1. The second-order valence-corrected chi connectivity index (χ2v) is 6.23. The van der Waals surface area contributed by atoms with Gasteiger partial charge in [0.15, 0.2) is 5.84 Å². The molecule has 20 heavy (non-hydrogen) atoms. The molecule has 110 valence electrons. The first-order chi connectivity index (χ1) is 9.43. The molecule has 2 rings (SSSR count). The quantitative estimate of drug-likeness (QED) is 0.382. The van der Waals surface area contributed by atoms with Gasteiger partial charge < -0.3 is 15.8 Å². The molecule has 1 heterocycles. The molecular formula is C14H23N5O. The smallest absolute Gasteiger partial charge is 0.225 e. The molecule has 1 saturated carbocycles. The summed E-state index contributed by atoms with van der Waals surface area (Å²) in [6.45, 7) is 4.64. The summed E-state index contributed by atoms with van der Waals surface area (Å²) in [6.07, 6.45) is 6.34. The predicted molar refractivity (Wildman–Crippen MR) is 79.0 cm³/mol. The van der Waals surface area contributed by atoms with Crippen molar-refractivity contribution < 1.29 is 5.21 Å². The number of nitrogens with zero attached hydrogens (tertiary/aromatic N) is 4. The Bertz CT molecular complexity index is 490. The Kier molecular flexibility index (Phi) is 4.11. The third-order valence-corrected chi connectivity index (χ3v) is 4.18. The Morgan fingerprint density at radius 3 is 2.70 bits per heavy atom. The van der Waals surface area contributed by atoms with E-state index in [1.165, 1.54) is 12.8 Å². The SMILES string of the molecule is CN(c1nccc(/C(N)=N/O)n1)C1CCC(C)(C)CC1. The number of oxime groups is 1. The molecule has 1 aliphatic carbocycles. The van der Waals surface area contributed by atoms with Gasteiger partial charge in [-0.05, 0) is 37.2 Å². The van der Waals surface area contributed by atoms with Crippen molar-refractivity contribution in [1.82, 2.24) is 9.97 Å². The lowest BCUT2D eigenvalue weighted by molar-refractivity contribution is 0.222. The average molecular weight is 277 g/mol. The zero-order valence-electron chi connectivity index (χ0n) is 12.4. The maximum Gasteiger partial charge on any atom is 0.225 e. The Hall–Kier alpha value is -1.85. The van der Waals surface area contributed by atoms with Crippen molar-refractivity contribution in [2.45, 2.75) is 45.6 Å². The molecule has 0 aliphatic heterocycles. The summed E-state index contributed by atoms with van der Waals surface area (Å²) in [5, 5.41) is 11.7. The van der Waals surface area contributed by atoms with E-state index in [0.29, 0.717) is 23.1 Å². The highest BCUT2D eigenvalue weighted by Crippen LogP contribution is 2.37. The first-order valence-electron chi connectivity index (χ1n) is 6.97. The zero-order chi connectivity index (χ0) is 14.8. The Morgan fingerprint density at radius 1 is 1.45 bits per heavy atom. The molecule has 0 amide bonds. The second-order valence-electron chi connectivity index (χ2n) is 6.23. The van der Waals surface area contributed by atoms with Crippen molar-refractivity contribution >= 4 is 11.8 Å². The van der Waals surface area contributed by atoms with Crippen LogP contribution in [0.1, 0.15) is 45.2 Å². The molecule has 6 nitrogen and oxygen atoms in total. The van der Waals surface area contributed by atoms with Crippen molar-refractivity contribution in [3.63, 3.8) is 0 Å². The summed E-state index contributed by atoms with van der Waals surface area (Å²) in [7, 11) is 2.01. The first kappa shape index (κ1) is 14.6. The minimum atomic E-state index is 0.00632.